The molecule has 0 spiro atoms. The SMILES string of the molecule is N=C(N)/C(=C\c1ccc(Br)cc1)C(=O)N1CC=Cc2ccccc21. The van der Waals surface area contributed by atoms with E-state index in [9.17, 15) is 4.79 Å². The van der Waals surface area contributed by atoms with Crippen LogP contribution in [0.3, 0.4) is 0 Å². The van der Waals surface area contributed by atoms with Gasteiger partial charge in [-0.1, -0.05) is 58.4 Å². The maximum atomic E-state index is 13.0. The Hall–Kier alpha value is -2.66. The van der Waals surface area contributed by atoms with E-state index in [1.54, 1.807) is 11.0 Å². The number of nitrogens with two attached hydrogens (primary N) is 1. The first-order valence-electron chi connectivity index (χ1n) is 7.45. The summed E-state index contributed by atoms with van der Waals surface area (Å²) in [6.07, 6.45) is 5.57. The molecule has 0 radical (unpaired) electrons. The smallest absolute Gasteiger partial charge is 0.262 e. The van der Waals surface area contributed by atoms with Gasteiger partial charge in [-0.05, 0) is 35.4 Å². The van der Waals surface area contributed by atoms with Gasteiger partial charge in [0.05, 0.1) is 11.3 Å². The summed E-state index contributed by atoms with van der Waals surface area (Å²) in [5, 5.41) is 7.81. The van der Waals surface area contributed by atoms with Gasteiger partial charge in [-0.25, -0.2) is 0 Å². The minimum Gasteiger partial charge on any atom is -0.384 e. The van der Waals surface area contributed by atoms with Crippen molar-refractivity contribution < 1.29 is 4.79 Å². The van der Waals surface area contributed by atoms with E-state index in [1.165, 1.54) is 0 Å². The van der Waals surface area contributed by atoms with Crippen molar-refractivity contribution in [2.45, 2.75) is 0 Å². The van der Waals surface area contributed by atoms with Gasteiger partial charge in [0.1, 0.15) is 5.84 Å². The lowest BCUT2D eigenvalue weighted by Gasteiger charge is -2.27. The van der Waals surface area contributed by atoms with Crippen molar-refractivity contribution in [3.63, 3.8) is 0 Å². The third kappa shape index (κ3) is 3.31. The maximum Gasteiger partial charge on any atom is 0.262 e. The molecule has 24 heavy (non-hydrogen) atoms. The molecule has 1 aliphatic rings. The number of para-hydroxylation sites is 1. The molecular weight excluding hydrogens is 366 g/mol. The summed E-state index contributed by atoms with van der Waals surface area (Å²) in [5.41, 5.74) is 8.48. The van der Waals surface area contributed by atoms with Crippen molar-refractivity contribution in [2.75, 3.05) is 11.4 Å². The fourth-order valence-corrected chi connectivity index (χ4v) is 2.84. The molecule has 3 N–H and O–H groups in total. The number of rotatable bonds is 3. The van der Waals surface area contributed by atoms with E-state index in [0.29, 0.717) is 6.54 Å². The van der Waals surface area contributed by atoms with Gasteiger partial charge in [0, 0.05) is 11.0 Å². The first-order valence-corrected chi connectivity index (χ1v) is 8.24. The van der Waals surface area contributed by atoms with Crippen molar-refractivity contribution in [1.29, 1.82) is 5.41 Å². The van der Waals surface area contributed by atoms with Gasteiger partial charge in [0.15, 0.2) is 0 Å². The highest BCUT2D eigenvalue weighted by molar-refractivity contribution is 9.10. The number of anilines is 1. The number of hydrogen-bond donors (Lipinski definition) is 2. The number of carbonyl (C=O) groups excluding carboxylic acids is 1. The van der Waals surface area contributed by atoms with Crippen molar-refractivity contribution in [3.8, 4) is 0 Å². The molecule has 1 amide bonds. The van der Waals surface area contributed by atoms with E-state index in [1.807, 2.05) is 60.7 Å². The number of amidine groups is 1. The molecule has 0 unspecified atom stereocenters. The molecule has 0 saturated heterocycles. The number of nitrogens with one attached hydrogen (secondary N) is 1. The van der Waals surface area contributed by atoms with Crippen LogP contribution in [0.4, 0.5) is 5.69 Å². The molecular formula is C19H16BrN3O. The largest absolute Gasteiger partial charge is 0.384 e. The van der Waals surface area contributed by atoms with Crippen molar-refractivity contribution in [3.05, 3.63) is 75.8 Å². The summed E-state index contributed by atoms with van der Waals surface area (Å²) in [7, 11) is 0. The summed E-state index contributed by atoms with van der Waals surface area (Å²) < 4.78 is 0.949. The molecule has 0 aliphatic carbocycles. The van der Waals surface area contributed by atoms with E-state index < -0.39 is 0 Å². The molecule has 2 aromatic carbocycles. The highest BCUT2D eigenvalue weighted by Gasteiger charge is 2.24. The standard InChI is InChI=1S/C19H16BrN3O/c20-15-9-7-13(8-10-15)12-16(18(21)22)19(24)23-11-3-5-14-4-1-2-6-17(14)23/h1-10,12H,11H2,(H3,21,22)/b16-12+. The molecule has 0 aromatic heterocycles. The third-order valence-electron chi connectivity index (χ3n) is 3.76. The molecule has 0 saturated carbocycles. The first kappa shape index (κ1) is 16.2. The van der Waals surface area contributed by atoms with Crippen LogP contribution in [0.1, 0.15) is 11.1 Å². The van der Waals surface area contributed by atoms with E-state index >= 15 is 0 Å². The molecule has 1 heterocycles. The van der Waals surface area contributed by atoms with Crippen molar-refractivity contribution in [2.24, 2.45) is 5.73 Å². The number of halogens is 1. The van der Waals surface area contributed by atoms with E-state index in [4.69, 9.17) is 11.1 Å². The van der Waals surface area contributed by atoms with Gasteiger partial charge in [-0.3, -0.25) is 10.2 Å². The summed E-state index contributed by atoms with van der Waals surface area (Å²) in [6.45, 7) is 0.459. The molecule has 2 aromatic rings. The lowest BCUT2D eigenvalue weighted by Crippen LogP contribution is -2.37. The molecule has 0 fully saturated rings. The van der Waals surface area contributed by atoms with Gasteiger partial charge in [0.2, 0.25) is 0 Å². The number of benzene rings is 2. The zero-order valence-electron chi connectivity index (χ0n) is 12.9. The van der Waals surface area contributed by atoms with Crippen LogP contribution < -0.4 is 10.6 Å². The highest BCUT2D eigenvalue weighted by atomic mass is 79.9. The number of fused-ring (bicyclic) bond motifs is 1. The Kier molecular flexibility index (Phi) is 4.62. The average Bonchev–Trinajstić information content (AvgIpc) is 2.60. The Morgan fingerprint density at radius 3 is 2.58 bits per heavy atom. The van der Waals surface area contributed by atoms with Gasteiger partial charge in [0.25, 0.3) is 5.91 Å². The lowest BCUT2D eigenvalue weighted by molar-refractivity contribution is -0.114. The summed E-state index contributed by atoms with van der Waals surface area (Å²) >= 11 is 3.38. The van der Waals surface area contributed by atoms with Crippen LogP contribution in [0.2, 0.25) is 0 Å². The second kappa shape index (κ2) is 6.84. The van der Waals surface area contributed by atoms with Crippen LogP contribution in [0.25, 0.3) is 12.2 Å². The van der Waals surface area contributed by atoms with Crippen LogP contribution in [-0.4, -0.2) is 18.3 Å². The van der Waals surface area contributed by atoms with E-state index in [2.05, 4.69) is 15.9 Å². The summed E-state index contributed by atoms with van der Waals surface area (Å²) in [4.78, 5) is 14.6. The van der Waals surface area contributed by atoms with Crippen LogP contribution in [0.5, 0.6) is 0 Å². The van der Waals surface area contributed by atoms with Gasteiger partial charge in [-0.2, -0.15) is 0 Å². The predicted octanol–water partition coefficient (Wildman–Crippen LogP) is 3.83. The second-order valence-corrected chi connectivity index (χ2v) is 6.32. The maximum absolute atomic E-state index is 13.0. The minimum atomic E-state index is -0.276. The Bertz CT molecular complexity index is 853. The molecule has 0 atom stereocenters. The quantitative estimate of drug-likeness (QED) is 0.481. The Morgan fingerprint density at radius 1 is 1.17 bits per heavy atom. The lowest BCUT2D eigenvalue weighted by atomic mass is 10.0. The van der Waals surface area contributed by atoms with E-state index in [0.717, 1.165) is 21.3 Å². The number of nitrogens with zero attached hydrogens (tertiary/aromatic N) is 1. The topological polar surface area (TPSA) is 70.2 Å². The molecule has 0 bridgehead atoms. The fraction of sp³-hybridized carbons (Fsp3) is 0.0526. The Morgan fingerprint density at radius 2 is 1.88 bits per heavy atom. The molecule has 3 rings (SSSR count). The molecule has 120 valence electrons. The highest BCUT2D eigenvalue weighted by Crippen LogP contribution is 2.27. The fourth-order valence-electron chi connectivity index (χ4n) is 2.58. The van der Waals surface area contributed by atoms with Gasteiger partial charge < -0.3 is 10.6 Å². The number of amides is 1. The van der Waals surface area contributed by atoms with Crippen LogP contribution in [0, 0.1) is 5.41 Å². The van der Waals surface area contributed by atoms with Crippen LogP contribution in [-0.2, 0) is 4.79 Å². The van der Waals surface area contributed by atoms with E-state index in [-0.39, 0.29) is 17.3 Å². The zero-order valence-corrected chi connectivity index (χ0v) is 14.5. The normalized spacial score (nSPS) is 13.5. The minimum absolute atomic E-state index is 0.183. The van der Waals surface area contributed by atoms with Gasteiger partial charge >= 0.3 is 0 Å². The Labute approximate surface area is 148 Å². The average molecular weight is 382 g/mol. The molecule has 4 nitrogen and oxygen atoms in total. The van der Waals surface area contributed by atoms with Crippen molar-refractivity contribution in [1.82, 2.24) is 0 Å². The van der Waals surface area contributed by atoms with Crippen LogP contribution >= 0.6 is 15.9 Å². The monoisotopic (exact) mass is 381 g/mol. The van der Waals surface area contributed by atoms with Gasteiger partial charge in [-0.15, -0.1) is 0 Å². The molecule has 5 heteroatoms. The van der Waals surface area contributed by atoms with Crippen molar-refractivity contribution >= 4 is 45.5 Å². The third-order valence-corrected chi connectivity index (χ3v) is 4.29. The number of carbonyl (C=O) groups is 1. The summed E-state index contributed by atoms with van der Waals surface area (Å²) in [5.74, 6) is -0.517. The summed E-state index contributed by atoms with van der Waals surface area (Å²) in [6, 6.07) is 15.2. The van der Waals surface area contributed by atoms with Crippen LogP contribution in [0.15, 0.2) is 64.7 Å². The first-order chi connectivity index (χ1) is 11.6. The number of hydrogen-bond acceptors (Lipinski definition) is 2. The second-order valence-electron chi connectivity index (χ2n) is 5.40. The Balaban J connectivity index is 1.98. The predicted molar refractivity (Wildman–Crippen MR) is 102 cm³/mol. The molecule has 1 aliphatic heterocycles. The zero-order chi connectivity index (χ0) is 17.1.